The fourth-order valence-electron chi connectivity index (χ4n) is 4.76. The van der Waals surface area contributed by atoms with Gasteiger partial charge in [0.15, 0.2) is 0 Å². The van der Waals surface area contributed by atoms with Gasteiger partial charge in [-0.25, -0.2) is 0 Å². The van der Waals surface area contributed by atoms with Gasteiger partial charge in [0.25, 0.3) is 0 Å². The molecule has 2 aliphatic rings. The van der Waals surface area contributed by atoms with Crippen LogP contribution in [0.3, 0.4) is 0 Å². The minimum Gasteiger partial charge on any atom is -0.388 e. The summed E-state index contributed by atoms with van der Waals surface area (Å²) < 4.78 is 0.511. The van der Waals surface area contributed by atoms with E-state index in [9.17, 15) is 14.7 Å². The SMILES string of the molecule is C/C=C/CN1C(=O)CC[C@H]1[C@H](C(=O)N1C(=S)SC[C@H]1c1ccccc1)[C@H](O)/C=C/c1ccccc1. The highest BCUT2D eigenvalue weighted by Gasteiger charge is 2.47. The van der Waals surface area contributed by atoms with Crippen LogP contribution < -0.4 is 0 Å². The van der Waals surface area contributed by atoms with Crippen LogP contribution in [0.4, 0.5) is 0 Å². The van der Waals surface area contributed by atoms with E-state index in [4.69, 9.17) is 12.2 Å². The normalized spacial score (nSPS) is 22.5. The van der Waals surface area contributed by atoms with E-state index in [1.807, 2.05) is 85.8 Å². The third-order valence-electron chi connectivity index (χ3n) is 6.56. The highest BCUT2D eigenvalue weighted by Crippen LogP contribution is 2.39. The molecule has 0 saturated carbocycles. The highest BCUT2D eigenvalue weighted by molar-refractivity contribution is 8.23. The van der Waals surface area contributed by atoms with Gasteiger partial charge >= 0.3 is 0 Å². The number of carbonyl (C=O) groups is 2. The van der Waals surface area contributed by atoms with Crippen molar-refractivity contribution >= 4 is 46.2 Å². The number of allylic oxidation sites excluding steroid dienone is 1. The molecule has 2 fully saturated rings. The Bertz CT molecular complexity index is 1100. The molecule has 0 bridgehead atoms. The van der Waals surface area contributed by atoms with Crippen LogP contribution in [-0.2, 0) is 9.59 Å². The first-order chi connectivity index (χ1) is 17.0. The molecule has 7 heteroatoms. The first kappa shape index (κ1) is 25.4. The summed E-state index contributed by atoms with van der Waals surface area (Å²) in [4.78, 5) is 30.3. The van der Waals surface area contributed by atoms with Gasteiger partial charge in [-0.05, 0) is 24.5 Å². The summed E-state index contributed by atoms with van der Waals surface area (Å²) in [6.07, 6.45) is 7.10. The molecule has 5 nitrogen and oxygen atoms in total. The van der Waals surface area contributed by atoms with Gasteiger partial charge in [0.1, 0.15) is 4.32 Å². The second kappa shape index (κ2) is 11.8. The minimum absolute atomic E-state index is 0.00289. The predicted molar refractivity (Wildman–Crippen MR) is 146 cm³/mol. The van der Waals surface area contributed by atoms with Gasteiger partial charge in [0.05, 0.1) is 18.1 Å². The van der Waals surface area contributed by atoms with E-state index in [1.54, 1.807) is 15.9 Å². The number of hydrogen-bond acceptors (Lipinski definition) is 5. The maximum Gasteiger partial charge on any atom is 0.236 e. The summed E-state index contributed by atoms with van der Waals surface area (Å²) in [5.74, 6) is -0.384. The fraction of sp³-hybridized carbons (Fsp3) is 0.321. The number of likely N-dealkylation sites (tertiary alicyclic amines) is 1. The highest BCUT2D eigenvalue weighted by atomic mass is 32.2. The standard InChI is InChI=1S/C28H30N2O3S2/c1-2-3-18-29-22(15-17-25(29)32)26(24(31)16-14-20-10-6-4-7-11-20)27(33)30-23(19-35-28(30)34)21-12-8-5-9-13-21/h2-14,16,22-24,26,31H,15,17-19H2,1H3/b3-2+,16-14+/t22-,23-,24+,26-/m0/s1. The number of hydrogen-bond donors (Lipinski definition) is 1. The summed E-state index contributed by atoms with van der Waals surface area (Å²) in [7, 11) is 0. The molecule has 4 atom stereocenters. The molecule has 0 spiro atoms. The summed E-state index contributed by atoms with van der Waals surface area (Å²) in [6.45, 7) is 2.32. The molecule has 1 N–H and O–H groups in total. The van der Waals surface area contributed by atoms with Crippen molar-refractivity contribution in [1.29, 1.82) is 0 Å². The maximum atomic E-state index is 14.2. The lowest BCUT2D eigenvalue weighted by atomic mass is 9.88. The van der Waals surface area contributed by atoms with Crippen molar-refractivity contribution < 1.29 is 14.7 Å². The van der Waals surface area contributed by atoms with Crippen LogP contribution in [0.5, 0.6) is 0 Å². The predicted octanol–water partition coefficient (Wildman–Crippen LogP) is 4.85. The van der Waals surface area contributed by atoms with Crippen LogP contribution in [0.2, 0.25) is 0 Å². The molecule has 0 radical (unpaired) electrons. The Balaban J connectivity index is 1.68. The zero-order valence-electron chi connectivity index (χ0n) is 19.7. The van der Waals surface area contributed by atoms with Crippen LogP contribution in [0.25, 0.3) is 6.08 Å². The zero-order chi connectivity index (χ0) is 24.8. The number of aliphatic hydroxyl groups excluding tert-OH is 1. The molecule has 2 heterocycles. The average molecular weight is 507 g/mol. The molecule has 4 rings (SSSR count). The first-order valence-electron chi connectivity index (χ1n) is 11.9. The monoisotopic (exact) mass is 506 g/mol. The van der Waals surface area contributed by atoms with Crippen LogP contribution >= 0.6 is 24.0 Å². The molecule has 2 aromatic rings. The van der Waals surface area contributed by atoms with Crippen molar-refractivity contribution in [3.63, 3.8) is 0 Å². The zero-order valence-corrected chi connectivity index (χ0v) is 21.3. The van der Waals surface area contributed by atoms with Gasteiger partial charge in [0, 0.05) is 24.8 Å². The van der Waals surface area contributed by atoms with E-state index in [0.717, 1.165) is 11.1 Å². The fourth-order valence-corrected chi connectivity index (χ4v) is 6.18. The molecule has 0 aromatic heterocycles. The van der Waals surface area contributed by atoms with Gasteiger partial charge < -0.3 is 10.0 Å². The number of amides is 2. The van der Waals surface area contributed by atoms with E-state index in [1.165, 1.54) is 11.8 Å². The summed E-state index contributed by atoms with van der Waals surface area (Å²) in [6, 6.07) is 18.9. The Morgan fingerprint density at radius 3 is 2.54 bits per heavy atom. The topological polar surface area (TPSA) is 60.9 Å². The third kappa shape index (κ3) is 5.74. The molecule has 0 aliphatic carbocycles. The van der Waals surface area contributed by atoms with Crippen molar-refractivity contribution in [3.8, 4) is 0 Å². The number of nitrogens with zero attached hydrogens (tertiary/aromatic N) is 2. The summed E-state index contributed by atoms with van der Waals surface area (Å²) >= 11 is 7.09. The van der Waals surface area contributed by atoms with Gasteiger partial charge in [-0.2, -0.15) is 0 Å². The lowest BCUT2D eigenvalue weighted by Gasteiger charge is -2.36. The molecule has 0 unspecified atom stereocenters. The van der Waals surface area contributed by atoms with E-state index >= 15 is 0 Å². The number of benzene rings is 2. The molecular weight excluding hydrogens is 476 g/mol. The Labute approximate surface area is 216 Å². The Morgan fingerprint density at radius 2 is 1.86 bits per heavy atom. The number of thiocarbonyl (C=S) groups is 1. The largest absolute Gasteiger partial charge is 0.388 e. The molecule has 182 valence electrons. The Kier molecular flexibility index (Phi) is 8.55. The third-order valence-corrected chi connectivity index (χ3v) is 8.04. The average Bonchev–Trinajstić information content (AvgIpc) is 3.45. The molecule has 2 saturated heterocycles. The van der Waals surface area contributed by atoms with Gasteiger partial charge in [-0.15, -0.1) is 0 Å². The number of carbonyl (C=O) groups excluding carboxylic acids is 2. The minimum atomic E-state index is -1.07. The second-order valence-electron chi connectivity index (χ2n) is 8.72. The second-order valence-corrected chi connectivity index (χ2v) is 10.4. The lowest BCUT2D eigenvalue weighted by molar-refractivity contribution is -0.139. The molecule has 35 heavy (non-hydrogen) atoms. The van der Waals surface area contributed by atoms with Crippen LogP contribution in [0.1, 0.15) is 36.9 Å². The molecule has 2 aliphatic heterocycles. The van der Waals surface area contributed by atoms with E-state index < -0.39 is 18.1 Å². The quantitative estimate of drug-likeness (QED) is 0.410. The van der Waals surface area contributed by atoms with E-state index in [2.05, 4.69) is 0 Å². The van der Waals surface area contributed by atoms with Crippen LogP contribution in [0, 0.1) is 5.92 Å². The van der Waals surface area contributed by atoms with E-state index in [-0.39, 0.29) is 17.9 Å². The van der Waals surface area contributed by atoms with Crippen molar-refractivity contribution in [2.24, 2.45) is 5.92 Å². The Morgan fingerprint density at radius 1 is 1.17 bits per heavy atom. The van der Waals surface area contributed by atoms with Gasteiger partial charge in [-0.1, -0.05) is 109 Å². The smallest absolute Gasteiger partial charge is 0.236 e. The number of thioether (sulfide) groups is 1. The van der Waals surface area contributed by atoms with Crippen molar-refractivity contribution in [2.45, 2.75) is 38.0 Å². The summed E-state index contributed by atoms with van der Waals surface area (Å²) in [5.41, 5.74) is 1.94. The van der Waals surface area contributed by atoms with Gasteiger partial charge in [0.2, 0.25) is 11.8 Å². The number of rotatable bonds is 8. The first-order valence-corrected chi connectivity index (χ1v) is 13.3. The van der Waals surface area contributed by atoms with Crippen molar-refractivity contribution in [2.75, 3.05) is 12.3 Å². The Hall–Kier alpha value is -2.74. The maximum absolute atomic E-state index is 14.2. The molecular formula is C28H30N2O3S2. The van der Waals surface area contributed by atoms with Crippen LogP contribution in [-0.4, -0.2) is 55.5 Å². The van der Waals surface area contributed by atoms with Crippen molar-refractivity contribution in [1.82, 2.24) is 9.80 Å². The molecule has 2 aromatic carbocycles. The lowest BCUT2D eigenvalue weighted by Crippen LogP contribution is -2.51. The number of aliphatic hydroxyl groups is 1. The molecule has 2 amide bonds. The van der Waals surface area contributed by atoms with Crippen molar-refractivity contribution in [3.05, 3.63) is 90.0 Å². The van der Waals surface area contributed by atoms with E-state index in [0.29, 0.717) is 29.5 Å². The van der Waals surface area contributed by atoms with Crippen LogP contribution in [0.15, 0.2) is 78.9 Å². The summed E-state index contributed by atoms with van der Waals surface area (Å²) in [5, 5.41) is 11.4. The van der Waals surface area contributed by atoms with Gasteiger partial charge in [-0.3, -0.25) is 14.5 Å².